The molecule has 2 rings (SSSR count). The molecule has 0 aromatic carbocycles. The second kappa shape index (κ2) is 4.12. The number of carbonyl (C=O) groups is 1. The third-order valence-electron chi connectivity index (χ3n) is 4.06. The lowest BCUT2D eigenvalue weighted by atomic mass is 9.96. The van der Waals surface area contributed by atoms with Gasteiger partial charge in [0.25, 0.3) is 0 Å². The molecule has 0 spiro atoms. The van der Waals surface area contributed by atoms with Gasteiger partial charge in [0.15, 0.2) is 0 Å². The van der Waals surface area contributed by atoms with Gasteiger partial charge >= 0.3 is 0 Å². The van der Waals surface area contributed by atoms with Crippen LogP contribution in [-0.2, 0) is 4.79 Å². The van der Waals surface area contributed by atoms with Crippen molar-refractivity contribution in [2.45, 2.75) is 51.5 Å². The maximum atomic E-state index is 12.3. The fraction of sp³-hybridized carbons (Fsp3) is 0.917. The SMILES string of the molecule is CCC1CCCCN1C(=O)C1(CN)CC1. The Morgan fingerprint density at radius 3 is 2.73 bits per heavy atom. The van der Waals surface area contributed by atoms with Crippen molar-refractivity contribution in [3.05, 3.63) is 0 Å². The van der Waals surface area contributed by atoms with Crippen molar-refractivity contribution in [3.63, 3.8) is 0 Å². The molecule has 1 aliphatic heterocycles. The van der Waals surface area contributed by atoms with Crippen LogP contribution in [0.5, 0.6) is 0 Å². The van der Waals surface area contributed by atoms with Crippen LogP contribution in [0.3, 0.4) is 0 Å². The summed E-state index contributed by atoms with van der Waals surface area (Å²) in [6, 6.07) is 0.482. The lowest BCUT2D eigenvalue weighted by Crippen LogP contribution is -2.48. The number of nitrogens with zero attached hydrogens (tertiary/aromatic N) is 1. The smallest absolute Gasteiger partial charge is 0.230 e. The summed E-state index contributed by atoms with van der Waals surface area (Å²) in [5, 5.41) is 0. The van der Waals surface area contributed by atoms with Gasteiger partial charge in [0.2, 0.25) is 5.91 Å². The summed E-state index contributed by atoms with van der Waals surface area (Å²) >= 11 is 0. The number of carbonyl (C=O) groups excluding carboxylic acids is 1. The fourth-order valence-corrected chi connectivity index (χ4v) is 2.65. The minimum absolute atomic E-state index is 0.148. The summed E-state index contributed by atoms with van der Waals surface area (Å²) in [6.07, 6.45) is 6.74. The summed E-state index contributed by atoms with van der Waals surface area (Å²) in [5.74, 6) is 0.344. The molecule has 1 saturated heterocycles. The third kappa shape index (κ3) is 1.89. The third-order valence-corrected chi connectivity index (χ3v) is 4.06. The first-order chi connectivity index (χ1) is 7.23. The molecule has 1 saturated carbocycles. The van der Waals surface area contributed by atoms with Gasteiger partial charge in [-0.25, -0.2) is 0 Å². The van der Waals surface area contributed by atoms with Crippen LogP contribution in [0.15, 0.2) is 0 Å². The van der Waals surface area contributed by atoms with E-state index in [9.17, 15) is 4.79 Å². The first-order valence-corrected chi connectivity index (χ1v) is 6.24. The average molecular weight is 210 g/mol. The molecule has 1 heterocycles. The number of likely N-dealkylation sites (tertiary alicyclic amines) is 1. The number of hydrogen-bond donors (Lipinski definition) is 1. The molecular weight excluding hydrogens is 188 g/mol. The van der Waals surface area contributed by atoms with Crippen molar-refractivity contribution in [3.8, 4) is 0 Å². The van der Waals surface area contributed by atoms with Crippen LogP contribution >= 0.6 is 0 Å². The van der Waals surface area contributed by atoms with Gasteiger partial charge < -0.3 is 10.6 Å². The summed E-state index contributed by atoms with van der Waals surface area (Å²) < 4.78 is 0. The average Bonchev–Trinajstić information content (AvgIpc) is 3.09. The Hall–Kier alpha value is -0.570. The van der Waals surface area contributed by atoms with Crippen LogP contribution in [0.2, 0.25) is 0 Å². The van der Waals surface area contributed by atoms with Crippen molar-refractivity contribution in [2.75, 3.05) is 13.1 Å². The number of nitrogens with two attached hydrogens (primary N) is 1. The molecule has 1 aliphatic carbocycles. The normalized spacial score (nSPS) is 28.9. The highest BCUT2D eigenvalue weighted by Crippen LogP contribution is 2.47. The predicted octanol–water partition coefficient (Wildman–Crippen LogP) is 1.52. The van der Waals surface area contributed by atoms with E-state index in [1.54, 1.807) is 0 Å². The number of rotatable bonds is 3. The molecule has 0 bridgehead atoms. The number of amides is 1. The Labute approximate surface area is 92.0 Å². The molecule has 1 atom stereocenters. The largest absolute Gasteiger partial charge is 0.339 e. The summed E-state index contributed by atoms with van der Waals surface area (Å²) in [7, 11) is 0. The van der Waals surface area contributed by atoms with Crippen LogP contribution < -0.4 is 5.73 Å². The number of piperidine rings is 1. The van der Waals surface area contributed by atoms with E-state index in [2.05, 4.69) is 11.8 Å². The molecule has 3 heteroatoms. The standard InChI is InChI=1S/C12H22N2O/c1-2-10-5-3-4-8-14(10)11(15)12(9-13)6-7-12/h10H,2-9,13H2,1H3. The van der Waals surface area contributed by atoms with Crippen LogP contribution in [0.4, 0.5) is 0 Å². The van der Waals surface area contributed by atoms with Gasteiger partial charge in [0.1, 0.15) is 0 Å². The Bertz CT molecular complexity index is 248. The monoisotopic (exact) mass is 210 g/mol. The zero-order valence-corrected chi connectivity index (χ0v) is 9.67. The lowest BCUT2D eigenvalue weighted by Gasteiger charge is -2.37. The molecule has 0 aromatic rings. The highest BCUT2D eigenvalue weighted by molar-refractivity contribution is 5.86. The summed E-state index contributed by atoms with van der Waals surface area (Å²) in [6.45, 7) is 3.68. The quantitative estimate of drug-likeness (QED) is 0.767. The molecule has 3 nitrogen and oxygen atoms in total. The van der Waals surface area contributed by atoms with Gasteiger partial charge in [0, 0.05) is 19.1 Å². The zero-order valence-electron chi connectivity index (χ0n) is 9.67. The van der Waals surface area contributed by atoms with Crippen molar-refractivity contribution in [1.82, 2.24) is 4.90 Å². The minimum Gasteiger partial charge on any atom is -0.339 e. The highest BCUT2D eigenvalue weighted by Gasteiger charge is 2.51. The molecule has 15 heavy (non-hydrogen) atoms. The van der Waals surface area contributed by atoms with Crippen molar-refractivity contribution >= 4 is 5.91 Å². The molecule has 1 unspecified atom stereocenters. The Balaban J connectivity index is 2.04. The van der Waals surface area contributed by atoms with Crippen molar-refractivity contribution in [2.24, 2.45) is 11.1 Å². The van der Waals surface area contributed by atoms with E-state index in [4.69, 9.17) is 5.73 Å². The molecular formula is C12H22N2O. The van der Waals surface area contributed by atoms with E-state index in [1.165, 1.54) is 19.3 Å². The van der Waals surface area contributed by atoms with Gasteiger partial charge in [-0.3, -0.25) is 4.79 Å². The van der Waals surface area contributed by atoms with Crippen molar-refractivity contribution < 1.29 is 4.79 Å². The molecule has 86 valence electrons. The summed E-state index contributed by atoms with van der Waals surface area (Å²) in [4.78, 5) is 14.4. The van der Waals surface area contributed by atoms with E-state index in [1.807, 2.05) is 0 Å². The van der Waals surface area contributed by atoms with Crippen LogP contribution in [-0.4, -0.2) is 29.9 Å². The van der Waals surface area contributed by atoms with Crippen LogP contribution in [0, 0.1) is 5.41 Å². The predicted molar refractivity (Wildman–Crippen MR) is 60.4 cm³/mol. The number of hydrogen-bond acceptors (Lipinski definition) is 2. The molecule has 0 aromatic heterocycles. The van der Waals surface area contributed by atoms with Crippen molar-refractivity contribution in [1.29, 1.82) is 0 Å². The molecule has 2 fully saturated rings. The second-order valence-corrected chi connectivity index (χ2v) is 5.04. The minimum atomic E-state index is -0.148. The van der Waals surface area contributed by atoms with E-state index in [0.717, 1.165) is 25.8 Å². The molecule has 0 radical (unpaired) electrons. The van der Waals surface area contributed by atoms with E-state index in [0.29, 0.717) is 18.5 Å². The zero-order chi connectivity index (χ0) is 10.9. The fourth-order valence-electron chi connectivity index (χ4n) is 2.65. The van der Waals surface area contributed by atoms with Crippen LogP contribution in [0.1, 0.15) is 45.4 Å². The molecule has 2 aliphatic rings. The highest BCUT2D eigenvalue weighted by atomic mass is 16.2. The molecule has 1 amide bonds. The second-order valence-electron chi connectivity index (χ2n) is 5.04. The molecule has 2 N–H and O–H groups in total. The topological polar surface area (TPSA) is 46.3 Å². The van der Waals surface area contributed by atoms with Gasteiger partial charge in [-0.2, -0.15) is 0 Å². The lowest BCUT2D eigenvalue weighted by molar-refractivity contribution is -0.140. The van der Waals surface area contributed by atoms with Gasteiger partial charge in [-0.15, -0.1) is 0 Å². The van der Waals surface area contributed by atoms with Gasteiger partial charge in [-0.05, 0) is 38.5 Å². The van der Waals surface area contributed by atoms with Gasteiger partial charge in [0.05, 0.1) is 5.41 Å². The van der Waals surface area contributed by atoms with Gasteiger partial charge in [-0.1, -0.05) is 6.92 Å². The van der Waals surface area contributed by atoms with Crippen LogP contribution in [0.25, 0.3) is 0 Å². The van der Waals surface area contributed by atoms with E-state index >= 15 is 0 Å². The first-order valence-electron chi connectivity index (χ1n) is 6.24. The first kappa shape index (κ1) is 10.9. The Morgan fingerprint density at radius 2 is 2.20 bits per heavy atom. The Morgan fingerprint density at radius 1 is 1.47 bits per heavy atom. The Kier molecular flexibility index (Phi) is 3.01. The summed E-state index contributed by atoms with van der Waals surface area (Å²) in [5.41, 5.74) is 5.57. The van der Waals surface area contributed by atoms with E-state index < -0.39 is 0 Å². The maximum absolute atomic E-state index is 12.3. The maximum Gasteiger partial charge on any atom is 0.230 e. The van der Waals surface area contributed by atoms with E-state index in [-0.39, 0.29) is 5.41 Å².